The van der Waals surface area contributed by atoms with Crippen molar-refractivity contribution in [2.45, 2.75) is 103 Å². The molecule has 0 radical (unpaired) electrons. The Morgan fingerprint density at radius 2 is 1.89 bits per heavy atom. The quantitative estimate of drug-likeness (QED) is 0.396. The number of carboxylic acids is 1. The Morgan fingerprint density at radius 3 is 2.56 bits per heavy atom. The van der Waals surface area contributed by atoms with Crippen LogP contribution in [0.15, 0.2) is 0 Å². The number of carboxylic acid groups (broad SMARTS) is 1. The van der Waals surface area contributed by atoms with Gasteiger partial charge in [-0.1, -0.05) is 33.6 Å². The van der Waals surface area contributed by atoms with Gasteiger partial charge < -0.3 is 14.9 Å². The molecule has 0 aromatic carbocycles. The van der Waals surface area contributed by atoms with E-state index in [2.05, 4.69) is 20.8 Å². The molecule has 0 aliphatic carbocycles. The highest BCUT2D eigenvalue weighted by Gasteiger charge is 2.48. The van der Waals surface area contributed by atoms with Crippen molar-refractivity contribution in [3.05, 3.63) is 0 Å². The molecular weight excluding hydrogens is 360 g/mol. The summed E-state index contributed by atoms with van der Waals surface area (Å²) in [6, 6.07) is 0. The molecule has 2 heterocycles. The number of aliphatic hydroxyl groups is 1. The number of aliphatic hydroxyl groups excluding tert-OH is 1. The Hall–Kier alpha value is -0.260. The van der Waals surface area contributed by atoms with Gasteiger partial charge >= 0.3 is 5.97 Å². The van der Waals surface area contributed by atoms with Crippen LogP contribution in [-0.2, 0) is 9.53 Å². The Labute approximate surface area is 169 Å². The zero-order valence-corrected chi connectivity index (χ0v) is 18.3. The molecule has 0 amide bonds. The van der Waals surface area contributed by atoms with E-state index in [-0.39, 0.29) is 17.9 Å². The Kier molecular flexibility index (Phi) is 9.43. The van der Waals surface area contributed by atoms with Crippen molar-refractivity contribution in [1.29, 1.82) is 0 Å². The maximum atomic E-state index is 10.7. The molecule has 2 N–H and O–H groups in total. The van der Waals surface area contributed by atoms with Gasteiger partial charge in [-0.15, -0.1) is 0 Å². The Balaban J connectivity index is 1.74. The summed E-state index contributed by atoms with van der Waals surface area (Å²) in [5, 5.41) is 19.5. The van der Waals surface area contributed by atoms with Gasteiger partial charge in [0.15, 0.2) is 0 Å². The summed E-state index contributed by atoms with van der Waals surface area (Å²) in [5.41, 5.74) is 0.00285. The second kappa shape index (κ2) is 11.1. The van der Waals surface area contributed by atoms with Crippen molar-refractivity contribution < 1.29 is 19.7 Å². The Morgan fingerprint density at radius 1 is 1.19 bits per heavy atom. The topological polar surface area (TPSA) is 66.8 Å². The maximum absolute atomic E-state index is 10.7. The molecule has 2 aliphatic heterocycles. The molecule has 0 spiro atoms. The lowest BCUT2D eigenvalue weighted by Crippen LogP contribution is -2.33. The van der Waals surface area contributed by atoms with Gasteiger partial charge in [-0.2, -0.15) is 11.8 Å². The van der Waals surface area contributed by atoms with E-state index in [0.29, 0.717) is 24.0 Å². The predicted molar refractivity (Wildman–Crippen MR) is 112 cm³/mol. The van der Waals surface area contributed by atoms with E-state index >= 15 is 0 Å². The van der Waals surface area contributed by atoms with Crippen molar-refractivity contribution in [3.8, 4) is 0 Å². The molecule has 0 aromatic rings. The lowest BCUT2D eigenvalue weighted by molar-refractivity contribution is -0.137. The second-order valence-electron chi connectivity index (χ2n) is 9.23. The summed E-state index contributed by atoms with van der Waals surface area (Å²) in [6.07, 6.45) is 10.4. The fraction of sp³-hybridized carbons (Fsp3) is 0.955. The van der Waals surface area contributed by atoms with Gasteiger partial charge in [0.05, 0.1) is 18.3 Å². The van der Waals surface area contributed by atoms with E-state index in [1.54, 1.807) is 0 Å². The van der Waals surface area contributed by atoms with Crippen LogP contribution < -0.4 is 0 Å². The van der Waals surface area contributed by atoms with Crippen LogP contribution in [0, 0.1) is 17.3 Å². The molecule has 2 bridgehead atoms. The molecule has 2 saturated heterocycles. The van der Waals surface area contributed by atoms with Crippen LogP contribution in [0.25, 0.3) is 0 Å². The third kappa shape index (κ3) is 6.93. The second-order valence-corrected chi connectivity index (χ2v) is 10.4. The zero-order valence-electron chi connectivity index (χ0n) is 17.5. The maximum Gasteiger partial charge on any atom is 0.303 e. The third-order valence-corrected chi connectivity index (χ3v) is 7.88. The van der Waals surface area contributed by atoms with E-state index in [9.17, 15) is 9.90 Å². The number of hydrogen-bond acceptors (Lipinski definition) is 4. The summed E-state index contributed by atoms with van der Waals surface area (Å²) < 4.78 is 6.22. The monoisotopic (exact) mass is 400 g/mol. The number of aliphatic carboxylic acids is 1. The van der Waals surface area contributed by atoms with Gasteiger partial charge in [-0.3, -0.25) is 4.79 Å². The minimum absolute atomic E-state index is 0.00285. The van der Waals surface area contributed by atoms with E-state index in [0.717, 1.165) is 43.6 Å². The van der Waals surface area contributed by atoms with E-state index in [4.69, 9.17) is 9.84 Å². The molecule has 2 aliphatic rings. The number of fused-ring (bicyclic) bond motifs is 2. The first-order valence-electron chi connectivity index (χ1n) is 11.0. The number of unbranched alkanes of at least 4 members (excludes halogenated alkanes) is 2. The minimum Gasteiger partial charge on any atom is -0.481 e. The summed E-state index contributed by atoms with van der Waals surface area (Å²) in [7, 11) is 0. The van der Waals surface area contributed by atoms with Gasteiger partial charge in [0.2, 0.25) is 0 Å². The first-order valence-corrected chi connectivity index (χ1v) is 12.1. The molecular formula is C22H40O4S. The normalized spacial score (nSPS) is 28.6. The lowest BCUT2D eigenvalue weighted by atomic mass is 9.74. The van der Waals surface area contributed by atoms with Crippen LogP contribution in [0.4, 0.5) is 0 Å². The van der Waals surface area contributed by atoms with Gasteiger partial charge in [0.1, 0.15) is 0 Å². The van der Waals surface area contributed by atoms with Crippen LogP contribution >= 0.6 is 11.8 Å². The number of hydrogen-bond donors (Lipinski definition) is 2. The zero-order chi connectivity index (χ0) is 19.9. The van der Waals surface area contributed by atoms with Crippen LogP contribution in [-0.4, -0.2) is 46.0 Å². The van der Waals surface area contributed by atoms with Crippen molar-refractivity contribution >= 4 is 17.7 Å². The van der Waals surface area contributed by atoms with Gasteiger partial charge in [-0.05, 0) is 73.7 Å². The van der Waals surface area contributed by atoms with Gasteiger partial charge in [-0.25, -0.2) is 0 Å². The molecule has 27 heavy (non-hydrogen) atoms. The fourth-order valence-corrected chi connectivity index (χ4v) is 6.05. The van der Waals surface area contributed by atoms with E-state index < -0.39 is 5.97 Å². The van der Waals surface area contributed by atoms with Crippen LogP contribution in [0.5, 0.6) is 0 Å². The Bertz CT molecular complexity index is 454. The van der Waals surface area contributed by atoms with Crippen molar-refractivity contribution in [2.75, 3.05) is 11.5 Å². The first-order chi connectivity index (χ1) is 12.8. The number of ether oxygens (including phenoxy) is 1. The summed E-state index contributed by atoms with van der Waals surface area (Å²) in [4.78, 5) is 10.6. The summed E-state index contributed by atoms with van der Waals surface area (Å²) in [6.45, 7) is 6.61. The number of rotatable bonds is 14. The molecule has 2 rings (SSSR count). The highest BCUT2D eigenvalue weighted by Crippen LogP contribution is 2.47. The van der Waals surface area contributed by atoms with Crippen LogP contribution in [0.2, 0.25) is 0 Å². The molecule has 0 saturated carbocycles. The van der Waals surface area contributed by atoms with Crippen LogP contribution in [0.1, 0.15) is 85.0 Å². The SMILES string of the molecule is CCCCC(C)(C)C(O)CC[C@H]1[C@@H](CSCCCCC(=O)O)[C@H]2CC[C@@H]1O2. The highest BCUT2D eigenvalue weighted by molar-refractivity contribution is 7.99. The largest absolute Gasteiger partial charge is 0.481 e. The highest BCUT2D eigenvalue weighted by atomic mass is 32.2. The molecule has 5 atom stereocenters. The summed E-state index contributed by atoms with van der Waals surface area (Å²) >= 11 is 1.96. The molecule has 5 heteroatoms. The van der Waals surface area contributed by atoms with Crippen molar-refractivity contribution in [2.24, 2.45) is 17.3 Å². The van der Waals surface area contributed by atoms with Crippen molar-refractivity contribution in [1.82, 2.24) is 0 Å². The number of thioether (sulfide) groups is 1. The first kappa shape index (κ1) is 23.0. The smallest absolute Gasteiger partial charge is 0.303 e. The summed E-state index contributed by atoms with van der Waals surface area (Å²) in [5.74, 6) is 2.67. The van der Waals surface area contributed by atoms with E-state index in [1.165, 1.54) is 25.7 Å². The number of carbonyl (C=O) groups is 1. The molecule has 1 unspecified atom stereocenters. The van der Waals surface area contributed by atoms with E-state index in [1.807, 2.05) is 11.8 Å². The average molecular weight is 401 g/mol. The minimum atomic E-state index is -0.693. The van der Waals surface area contributed by atoms with Crippen molar-refractivity contribution in [3.63, 3.8) is 0 Å². The fourth-order valence-electron chi connectivity index (χ4n) is 4.74. The average Bonchev–Trinajstić information content (AvgIpc) is 3.22. The molecule has 2 fully saturated rings. The lowest BCUT2D eigenvalue weighted by Gasteiger charge is -2.33. The predicted octanol–water partition coefficient (Wildman–Crippen LogP) is 5.13. The molecule has 4 nitrogen and oxygen atoms in total. The third-order valence-electron chi connectivity index (χ3n) is 6.68. The van der Waals surface area contributed by atoms with Gasteiger partial charge in [0, 0.05) is 6.42 Å². The van der Waals surface area contributed by atoms with Gasteiger partial charge in [0.25, 0.3) is 0 Å². The molecule has 158 valence electrons. The molecule has 0 aromatic heterocycles. The van der Waals surface area contributed by atoms with Crippen LogP contribution in [0.3, 0.4) is 0 Å². The standard InChI is InChI=1S/C22H40O4S/c1-4-5-13-22(2,3)20(23)12-9-16-17(19-11-10-18(16)26-19)15-27-14-7-6-8-21(24)25/h16-20,23H,4-15H2,1-3H3,(H,24,25)/t16-,17+,18-,19+,20?/m0/s1.